The van der Waals surface area contributed by atoms with Gasteiger partial charge in [0.25, 0.3) is 0 Å². The summed E-state index contributed by atoms with van der Waals surface area (Å²) in [6.45, 7) is 13.7. The lowest BCUT2D eigenvalue weighted by atomic mass is 9.88. The SMILES string of the molecule is CN(CCOc1ccc(Br)cc1CC(C)(C)C)CC(=O)OC(C)(C)C. The largest absolute Gasteiger partial charge is 0.492 e. The summed E-state index contributed by atoms with van der Waals surface area (Å²) in [6.07, 6.45) is 0.940. The second-order valence-corrected chi connectivity index (χ2v) is 9.58. The zero-order valence-corrected chi connectivity index (χ0v) is 18.2. The van der Waals surface area contributed by atoms with Gasteiger partial charge in [0.1, 0.15) is 18.0 Å². The van der Waals surface area contributed by atoms with E-state index >= 15 is 0 Å². The van der Waals surface area contributed by atoms with Gasteiger partial charge in [0.2, 0.25) is 0 Å². The van der Waals surface area contributed by atoms with Gasteiger partial charge in [-0.25, -0.2) is 0 Å². The second-order valence-electron chi connectivity index (χ2n) is 8.66. The highest BCUT2D eigenvalue weighted by atomic mass is 79.9. The molecule has 0 radical (unpaired) electrons. The van der Waals surface area contributed by atoms with E-state index in [1.807, 2.05) is 44.9 Å². The van der Waals surface area contributed by atoms with Crippen molar-refractivity contribution >= 4 is 21.9 Å². The fourth-order valence-electron chi connectivity index (χ4n) is 2.38. The number of esters is 1. The van der Waals surface area contributed by atoms with E-state index in [0.29, 0.717) is 13.2 Å². The minimum atomic E-state index is -0.451. The zero-order valence-electron chi connectivity index (χ0n) is 16.6. The van der Waals surface area contributed by atoms with Crippen LogP contribution in [0.15, 0.2) is 22.7 Å². The number of hydrogen-bond donors (Lipinski definition) is 0. The van der Waals surface area contributed by atoms with Crippen LogP contribution >= 0.6 is 15.9 Å². The molecule has 0 aromatic heterocycles. The summed E-state index contributed by atoms with van der Waals surface area (Å²) in [4.78, 5) is 13.8. The minimum absolute atomic E-state index is 0.187. The normalized spacial score (nSPS) is 12.4. The quantitative estimate of drug-likeness (QED) is 0.607. The van der Waals surface area contributed by atoms with Gasteiger partial charge in [-0.15, -0.1) is 0 Å². The molecule has 0 aliphatic heterocycles. The first-order valence-electron chi connectivity index (χ1n) is 8.67. The standard InChI is InChI=1S/C20H32BrNO3/c1-19(2,3)13-15-12-16(21)8-9-17(15)24-11-10-22(7)14-18(23)25-20(4,5)6/h8-9,12H,10-11,13-14H2,1-7H3. The van der Waals surface area contributed by atoms with Crippen LogP contribution in [0.4, 0.5) is 0 Å². The lowest BCUT2D eigenvalue weighted by Crippen LogP contribution is -2.34. The molecular formula is C20H32BrNO3. The molecule has 0 N–H and O–H groups in total. The van der Waals surface area contributed by atoms with Gasteiger partial charge in [0.15, 0.2) is 0 Å². The number of benzene rings is 1. The third kappa shape index (κ3) is 9.85. The van der Waals surface area contributed by atoms with E-state index in [1.54, 1.807) is 0 Å². The van der Waals surface area contributed by atoms with Gasteiger partial charge in [-0.05, 0) is 63.4 Å². The molecule has 0 atom stereocenters. The molecule has 0 saturated heterocycles. The number of ether oxygens (including phenoxy) is 2. The van der Waals surface area contributed by atoms with Crippen LogP contribution in [0.2, 0.25) is 0 Å². The average Bonchev–Trinajstić information content (AvgIpc) is 2.36. The molecule has 0 aliphatic carbocycles. The van der Waals surface area contributed by atoms with Crippen LogP contribution in [0.1, 0.15) is 47.1 Å². The van der Waals surface area contributed by atoms with Crippen molar-refractivity contribution in [2.45, 2.75) is 53.6 Å². The van der Waals surface area contributed by atoms with E-state index < -0.39 is 5.60 Å². The van der Waals surface area contributed by atoms with Gasteiger partial charge in [0.05, 0.1) is 6.54 Å². The van der Waals surface area contributed by atoms with Crippen molar-refractivity contribution in [3.63, 3.8) is 0 Å². The van der Waals surface area contributed by atoms with Crippen LogP contribution in [0, 0.1) is 5.41 Å². The molecule has 0 amide bonds. The number of carbonyl (C=O) groups is 1. The molecule has 25 heavy (non-hydrogen) atoms. The molecule has 0 aliphatic rings. The van der Waals surface area contributed by atoms with Crippen molar-refractivity contribution in [2.24, 2.45) is 5.41 Å². The summed E-state index contributed by atoms with van der Waals surface area (Å²) in [7, 11) is 1.89. The van der Waals surface area contributed by atoms with E-state index in [9.17, 15) is 4.79 Å². The third-order valence-corrected chi connectivity index (χ3v) is 3.79. The topological polar surface area (TPSA) is 38.8 Å². The molecule has 0 spiro atoms. The Morgan fingerprint density at radius 3 is 2.36 bits per heavy atom. The Morgan fingerprint density at radius 2 is 1.80 bits per heavy atom. The molecular weight excluding hydrogens is 382 g/mol. The number of carbonyl (C=O) groups excluding carboxylic acids is 1. The second kappa shape index (κ2) is 9.04. The molecule has 0 heterocycles. The Hall–Kier alpha value is -1.07. The van der Waals surface area contributed by atoms with Crippen LogP contribution in [0.25, 0.3) is 0 Å². The number of nitrogens with zero attached hydrogens (tertiary/aromatic N) is 1. The van der Waals surface area contributed by atoms with E-state index in [1.165, 1.54) is 5.56 Å². The van der Waals surface area contributed by atoms with Gasteiger partial charge in [-0.2, -0.15) is 0 Å². The maximum absolute atomic E-state index is 11.8. The van der Waals surface area contributed by atoms with Crippen molar-refractivity contribution in [1.29, 1.82) is 0 Å². The maximum atomic E-state index is 11.8. The van der Waals surface area contributed by atoms with Gasteiger partial charge < -0.3 is 9.47 Å². The van der Waals surface area contributed by atoms with Crippen molar-refractivity contribution < 1.29 is 14.3 Å². The molecule has 0 saturated carbocycles. The Morgan fingerprint density at radius 1 is 1.16 bits per heavy atom. The van der Waals surface area contributed by atoms with E-state index in [-0.39, 0.29) is 17.9 Å². The average molecular weight is 414 g/mol. The van der Waals surface area contributed by atoms with E-state index in [4.69, 9.17) is 9.47 Å². The van der Waals surface area contributed by atoms with Crippen LogP contribution in [0.5, 0.6) is 5.75 Å². The highest BCUT2D eigenvalue weighted by Crippen LogP contribution is 2.30. The van der Waals surface area contributed by atoms with Crippen molar-refractivity contribution in [3.05, 3.63) is 28.2 Å². The Bertz CT molecular complexity index is 573. The summed E-state index contributed by atoms with van der Waals surface area (Å²) in [5.41, 5.74) is 0.928. The predicted molar refractivity (Wildman–Crippen MR) is 106 cm³/mol. The summed E-state index contributed by atoms with van der Waals surface area (Å²) in [5, 5.41) is 0. The minimum Gasteiger partial charge on any atom is -0.492 e. The highest BCUT2D eigenvalue weighted by Gasteiger charge is 2.18. The Kier molecular flexibility index (Phi) is 7.94. The van der Waals surface area contributed by atoms with Gasteiger partial charge in [-0.3, -0.25) is 9.69 Å². The molecule has 1 aromatic carbocycles. The van der Waals surface area contributed by atoms with Gasteiger partial charge in [-0.1, -0.05) is 36.7 Å². The molecule has 1 aromatic rings. The lowest BCUT2D eigenvalue weighted by Gasteiger charge is -2.23. The van der Waals surface area contributed by atoms with E-state index in [2.05, 4.69) is 42.8 Å². The van der Waals surface area contributed by atoms with Crippen molar-refractivity contribution in [1.82, 2.24) is 4.90 Å². The van der Waals surface area contributed by atoms with Crippen LogP contribution < -0.4 is 4.74 Å². The first kappa shape index (κ1) is 22.0. The fourth-order valence-corrected chi connectivity index (χ4v) is 2.79. The molecule has 0 bridgehead atoms. The Labute approximate surface area is 161 Å². The molecule has 0 fully saturated rings. The van der Waals surface area contributed by atoms with Crippen LogP contribution in [0.3, 0.4) is 0 Å². The van der Waals surface area contributed by atoms with Crippen molar-refractivity contribution in [2.75, 3.05) is 26.7 Å². The summed E-state index contributed by atoms with van der Waals surface area (Å²) in [6, 6.07) is 6.11. The monoisotopic (exact) mass is 413 g/mol. The molecule has 0 unspecified atom stereocenters. The maximum Gasteiger partial charge on any atom is 0.320 e. The summed E-state index contributed by atoms with van der Waals surface area (Å²) < 4.78 is 12.4. The first-order valence-corrected chi connectivity index (χ1v) is 9.47. The number of rotatable bonds is 7. The Balaban J connectivity index is 2.54. The van der Waals surface area contributed by atoms with Crippen molar-refractivity contribution in [3.8, 4) is 5.75 Å². The predicted octanol–water partition coefficient (Wildman–Crippen LogP) is 4.69. The van der Waals surface area contributed by atoms with Crippen LogP contribution in [-0.2, 0) is 16.0 Å². The number of halogens is 1. The smallest absolute Gasteiger partial charge is 0.320 e. The summed E-state index contributed by atoms with van der Waals surface area (Å²) >= 11 is 3.53. The highest BCUT2D eigenvalue weighted by molar-refractivity contribution is 9.10. The van der Waals surface area contributed by atoms with E-state index in [0.717, 1.165) is 16.6 Å². The lowest BCUT2D eigenvalue weighted by molar-refractivity contribution is -0.155. The molecule has 4 nitrogen and oxygen atoms in total. The number of likely N-dealkylation sites (N-methyl/N-ethyl adjacent to an activating group) is 1. The molecule has 142 valence electrons. The fraction of sp³-hybridized carbons (Fsp3) is 0.650. The first-order chi connectivity index (χ1) is 11.4. The zero-order chi connectivity index (χ0) is 19.3. The number of hydrogen-bond acceptors (Lipinski definition) is 4. The van der Waals surface area contributed by atoms with Gasteiger partial charge in [0, 0.05) is 11.0 Å². The summed E-state index contributed by atoms with van der Waals surface area (Å²) in [5.74, 6) is 0.691. The molecule has 1 rings (SSSR count). The van der Waals surface area contributed by atoms with Gasteiger partial charge >= 0.3 is 5.97 Å². The molecule has 5 heteroatoms. The third-order valence-electron chi connectivity index (χ3n) is 3.29. The van der Waals surface area contributed by atoms with Crippen LogP contribution in [-0.4, -0.2) is 43.2 Å².